The Morgan fingerprint density at radius 1 is 1.12 bits per heavy atom. The molecule has 1 saturated carbocycles. The largest absolute Gasteiger partial charge is 0.339 e. The molecular formula is C19H20FNO3S2. The predicted octanol–water partition coefficient (Wildman–Crippen LogP) is 3.38. The summed E-state index contributed by atoms with van der Waals surface area (Å²) in [5.74, 6) is -0.406. The molecule has 0 atom stereocenters. The van der Waals surface area contributed by atoms with E-state index in [1.165, 1.54) is 12.1 Å². The molecule has 2 aliphatic rings. The van der Waals surface area contributed by atoms with Gasteiger partial charge in [0.25, 0.3) is 0 Å². The summed E-state index contributed by atoms with van der Waals surface area (Å²) in [5, 5.41) is 1.37. The lowest BCUT2D eigenvalue weighted by molar-refractivity contribution is -0.140. The van der Waals surface area contributed by atoms with Crippen molar-refractivity contribution in [2.45, 2.75) is 41.2 Å². The van der Waals surface area contributed by atoms with Gasteiger partial charge in [0.05, 0.1) is 10.3 Å². The van der Waals surface area contributed by atoms with Crippen LogP contribution in [0.15, 0.2) is 46.7 Å². The molecular weight excluding hydrogens is 373 g/mol. The van der Waals surface area contributed by atoms with Crippen LogP contribution in [0.4, 0.5) is 4.39 Å². The molecule has 0 N–H and O–H groups in total. The highest BCUT2D eigenvalue weighted by atomic mass is 32.2. The number of hydrogen-bond donors (Lipinski definition) is 0. The summed E-state index contributed by atoms with van der Waals surface area (Å²) in [6, 6.07) is 8.86. The smallest absolute Gasteiger partial charge is 0.234 e. The molecule has 2 heterocycles. The minimum Gasteiger partial charge on any atom is -0.339 e. The van der Waals surface area contributed by atoms with Crippen LogP contribution in [-0.4, -0.2) is 37.6 Å². The molecule has 26 heavy (non-hydrogen) atoms. The van der Waals surface area contributed by atoms with Gasteiger partial charge >= 0.3 is 0 Å². The Morgan fingerprint density at radius 3 is 2.35 bits per heavy atom. The normalized spacial score (nSPS) is 20.1. The van der Waals surface area contributed by atoms with Crippen molar-refractivity contribution in [3.63, 3.8) is 0 Å². The standard InChI is InChI=1S/C19H20FNO3S2/c20-14-5-7-15(8-6-14)26(23,24)16-12-21(13-16)18(22)19(9-1-2-10-19)17-4-3-11-25-17/h3-8,11,16H,1-2,9-10,12-13H2. The monoisotopic (exact) mass is 393 g/mol. The van der Waals surface area contributed by atoms with Gasteiger partial charge in [-0.15, -0.1) is 11.3 Å². The van der Waals surface area contributed by atoms with E-state index in [4.69, 9.17) is 0 Å². The Morgan fingerprint density at radius 2 is 1.77 bits per heavy atom. The minimum absolute atomic E-state index is 0.0583. The first-order valence-electron chi connectivity index (χ1n) is 8.76. The van der Waals surface area contributed by atoms with Crippen molar-refractivity contribution in [2.75, 3.05) is 13.1 Å². The van der Waals surface area contributed by atoms with Crippen molar-refractivity contribution in [2.24, 2.45) is 0 Å². The maximum Gasteiger partial charge on any atom is 0.234 e. The summed E-state index contributed by atoms with van der Waals surface area (Å²) in [7, 11) is -3.54. The first-order chi connectivity index (χ1) is 12.4. The van der Waals surface area contributed by atoms with Crippen molar-refractivity contribution in [1.29, 1.82) is 0 Å². The molecule has 4 nitrogen and oxygen atoms in total. The van der Waals surface area contributed by atoms with Gasteiger partial charge in [-0.25, -0.2) is 12.8 Å². The SMILES string of the molecule is O=C(N1CC(S(=O)(=O)c2ccc(F)cc2)C1)C1(c2cccs2)CCCC1. The van der Waals surface area contributed by atoms with Gasteiger partial charge in [0.15, 0.2) is 9.84 Å². The number of rotatable bonds is 4. The van der Waals surface area contributed by atoms with Crippen molar-refractivity contribution in [1.82, 2.24) is 4.90 Å². The fraction of sp³-hybridized carbons (Fsp3) is 0.421. The van der Waals surface area contributed by atoms with E-state index >= 15 is 0 Å². The number of carbonyl (C=O) groups is 1. The summed E-state index contributed by atoms with van der Waals surface area (Å²) in [5.41, 5.74) is -0.473. The average Bonchev–Trinajstić information content (AvgIpc) is 3.26. The quantitative estimate of drug-likeness (QED) is 0.749. The van der Waals surface area contributed by atoms with E-state index in [0.29, 0.717) is 0 Å². The van der Waals surface area contributed by atoms with Crippen molar-refractivity contribution < 1.29 is 17.6 Å². The number of nitrogens with zero attached hydrogens (tertiary/aromatic N) is 1. The van der Waals surface area contributed by atoms with Gasteiger partial charge in [-0.05, 0) is 48.6 Å². The Labute approximate surface area is 156 Å². The second-order valence-corrected chi connectivity index (χ2v) is 10.3. The molecule has 1 saturated heterocycles. The summed E-state index contributed by atoms with van der Waals surface area (Å²) in [6.07, 6.45) is 3.71. The highest BCUT2D eigenvalue weighted by molar-refractivity contribution is 7.92. The zero-order valence-electron chi connectivity index (χ0n) is 14.2. The lowest BCUT2D eigenvalue weighted by atomic mass is 9.82. The van der Waals surface area contributed by atoms with Gasteiger partial charge in [-0.1, -0.05) is 18.9 Å². The summed E-state index contributed by atoms with van der Waals surface area (Å²) in [6.45, 7) is 0.428. The maximum atomic E-state index is 13.2. The number of halogens is 1. The van der Waals surface area contributed by atoms with Crippen LogP contribution in [0.1, 0.15) is 30.6 Å². The molecule has 2 aromatic rings. The molecule has 0 spiro atoms. The number of amides is 1. The molecule has 4 rings (SSSR count). The minimum atomic E-state index is -3.54. The van der Waals surface area contributed by atoms with Crippen LogP contribution in [-0.2, 0) is 20.0 Å². The molecule has 1 aliphatic carbocycles. The number of hydrogen-bond acceptors (Lipinski definition) is 4. The Hall–Kier alpha value is -1.73. The van der Waals surface area contributed by atoms with E-state index in [-0.39, 0.29) is 23.9 Å². The highest BCUT2D eigenvalue weighted by Gasteiger charge is 2.50. The van der Waals surface area contributed by atoms with Crippen molar-refractivity contribution >= 4 is 27.1 Å². The van der Waals surface area contributed by atoms with E-state index < -0.39 is 26.3 Å². The van der Waals surface area contributed by atoms with Crippen LogP contribution in [0.3, 0.4) is 0 Å². The van der Waals surface area contributed by atoms with E-state index in [2.05, 4.69) is 0 Å². The zero-order valence-corrected chi connectivity index (χ0v) is 15.9. The van der Waals surface area contributed by atoms with Crippen LogP contribution >= 0.6 is 11.3 Å². The molecule has 1 amide bonds. The molecule has 0 bridgehead atoms. The van der Waals surface area contributed by atoms with Crippen LogP contribution < -0.4 is 0 Å². The van der Waals surface area contributed by atoms with Crippen LogP contribution in [0.2, 0.25) is 0 Å². The summed E-state index contributed by atoms with van der Waals surface area (Å²) < 4.78 is 38.4. The summed E-state index contributed by atoms with van der Waals surface area (Å²) in [4.78, 5) is 16.1. The highest BCUT2D eigenvalue weighted by Crippen LogP contribution is 2.45. The molecule has 1 aromatic heterocycles. The molecule has 1 aliphatic heterocycles. The first kappa shape index (κ1) is 17.7. The fourth-order valence-electron chi connectivity index (χ4n) is 4.01. The average molecular weight is 394 g/mol. The predicted molar refractivity (Wildman–Crippen MR) is 98.4 cm³/mol. The number of carbonyl (C=O) groups excluding carboxylic acids is 1. The van der Waals surface area contributed by atoms with Crippen LogP contribution in [0.5, 0.6) is 0 Å². The van der Waals surface area contributed by atoms with Crippen molar-refractivity contribution in [3.8, 4) is 0 Å². The molecule has 138 valence electrons. The topological polar surface area (TPSA) is 54.5 Å². The molecule has 1 aromatic carbocycles. The van der Waals surface area contributed by atoms with Gasteiger partial charge in [0.2, 0.25) is 5.91 Å². The van der Waals surface area contributed by atoms with E-state index in [1.807, 2.05) is 17.5 Å². The van der Waals surface area contributed by atoms with Crippen molar-refractivity contribution in [3.05, 3.63) is 52.5 Å². The molecule has 0 unspecified atom stereocenters. The third-order valence-corrected chi connectivity index (χ3v) is 8.75. The van der Waals surface area contributed by atoms with Gasteiger partial charge in [-0.2, -0.15) is 0 Å². The van der Waals surface area contributed by atoms with E-state index in [9.17, 15) is 17.6 Å². The Bertz CT molecular complexity index is 895. The maximum absolute atomic E-state index is 13.2. The van der Waals surface area contributed by atoms with E-state index in [0.717, 1.165) is 42.7 Å². The van der Waals surface area contributed by atoms with Gasteiger partial charge in [0, 0.05) is 18.0 Å². The number of benzene rings is 1. The van der Waals surface area contributed by atoms with Crippen LogP contribution in [0.25, 0.3) is 0 Å². The number of likely N-dealkylation sites (tertiary alicyclic amines) is 1. The lowest BCUT2D eigenvalue weighted by Crippen LogP contribution is -2.60. The summed E-state index contributed by atoms with van der Waals surface area (Å²) >= 11 is 1.60. The third-order valence-electron chi connectivity index (χ3n) is 5.58. The molecule has 2 fully saturated rings. The Balaban J connectivity index is 1.50. The number of sulfone groups is 1. The fourth-order valence-corrected chi connectivity index (χ4v) is 6.65. The van der Waals surface area contributed by atoms with Gasteiger partial charge < -0.3 is 4.90 Å². The van der Waals surface area contributed by atoms with Crippen LogP contribution in [0, 0.1) is 5.82 Å². The molecule has 0 radical (unpaired) electrons. The second kappa shape index (κ2) is 6.46. The first-order valence-corrected chi connectivity index (χ1v) is 11.2. The van der Waals surface area contributed by atoms with Gasteiger partial charge in [0.1, 0.15) is 11.1 Å². The lowest BCUT2D eigenvalue weighted by Gasteiger charge is -2.43. The second-order valence-electron chi connectivity index (χ2n) is 7.10. The zero-order chi connectivity index (χ0) is 18.4. The number of thiophene rings is 1. The van der Waals surface area contributed by atoms with E-state index in [1.54, 1.807) is 16.2 Å². The Kier molecular flexibility index (Phi) is 4.39. The van der Waals surface area contributed by atoms with Gasteiger partial charge in [-0.3, -0.25) is 4.79 Å². The third kappa shape index (κ3) is 2.77. The molecule has 7 heteroatoms.